The van der Waals surface area contributed by atoms with Gasteiger partial charge in [0.1, 0.15) is 0 Å². The van der Waals surface area contributed by atoms with Crippen molar-refractivity contribution in [3.8, 4) is 11.5 Å². The van der Waals surface area contributed by atoms with Gasteiger partial charge in [-0.3, -0.25) is 9.52 Å². The maximum Gasteiger partial charge on any atom is 0.261 e. The summed E-state index contributed by atoms with van der Waals surface area (Å²) in [5, 5.41) is 0. The number of carbonyl (C=O) groups excluding carboxylic acids is 1. The number of anilines is 1. The zero-order chi connectivity index (χ0) is 21.5. The van der Waals surface area contributed by atoms with E-state index in [2.05, 4.69) is 4.72 Å². The van der Waals surface area contributed by atoms with Crippen molar-refractivity contribution in [1.82, 2.24) is 4.90 Å². The van der Waals surface area contributed by atoms with E-state index in [4.69, 9.17) is 9.47 Å². The summed E-state index contributed by atoms with van der Waals surface area (Å²) < 4.78 is 61.9. The quantitative estimate of drug-likeness (QED) is 0.730. The first kappa shape index (κ1) is 20.5. The third-order valence-electron chi connectivity index (χ3n) is 5.09. The van der Waals surface area contributed by atoms with Crippen LogP contribution in [0.25, 0.3) is 0 Å². The van der Waals surface area contributed by atoms with Crippen LogP contribution in [0.5, 0.6) is 11.5 Å². The fourth-order valence-electron chi connectivity index (χ4n) is 3.42. The van der Waals surface area contributed by atoms with E-state index in [-0.39, 0.29) is 28.8 Å². The number of fused-ring (bicyclic) bond motifs is 1. The lowest BCUT2D eigenvalue weighted by atomic mass is 10.1. The number of carbonyl (C=O) groups is 1. The number of hydrogen-bond acceptors (Lipinski definition) is 7. The molecule has 0 aliphatic carbocycles. The van der Waals surface area contributed by atoms with Gasteiger partial charge in [0.25, 0.3) is 15.9 Å². The minimum Gasteiger partial charge on any atom is -0.454 e. The fourth-order valence-corrected chi connectivity index (χ4v) is 6.29. The Balaban J connectivity index is 1.54. The summed E-state index contributed by atoms with van der Waals surface area (Å²) in [6.45, 7) is 0.0749. The first-order chi connectivity index (χ1) is 14.1. The van der Waals surface area contributed by atoms with Crippen LogP contribution in [0.4, 0.5) is 5.69 Å². The van der Waals surface area contributed by atoms with E-state index in [1.54, 1.807) is 12.1 Å². The molecule has 1 amide bonds. The summed E-state index contributed by atoms with van der Waals surface area (Å²) in [6.07, 6.45) is 0.369. The number of ether oxygens (including phenoxy) is 2. The van der Waals surface area contributed by atoms with Crippen molar-refractivity contribution in [3.63, 3.8) is 0 Å². The number of amides is 1. The molecule has 9 nitrogen and oxygen atoms in total. The van der Waals surface area contributed by atoms with E-state index in [0.717, 1.165) is 0 Å². The summed E-state index contributed by atoms with van der Waals surface area (Å²) >= 11 is 0. The Kier molecular flexibility index (Phi) is 5.10. The Morgan fingerprint density at radius 2 is 1.90 bits per heavy atom. The largest absolute Gasteiger partial charge is 0.454 e. The molecule has 1 saturated heterocycles. The molecule has 0 bridgehead atoms. The minimum absolute atomic E-state index is 0.0448. The molecule has 0 radical (unpaired) electrons. The molecule has 30 heavy (non-hydrogen) atoms. The summed E-state index contributed by atoms with van der Waals surface area (Å²) in [5.41, 5.74) is 0.458. The highest BCUT2D eigenvalue weighted by atomic mass is 32.2. The number of sulfone groups is 1. The molecule has 1 N–H and O–H groups in total. The highest BCUT2D eigenvalue weighted by Crippen LogP contribution is 2.34. The molecule has 2 heterocycles. The Labute approximate surface area is 174 Å². The van der Waals surface area contributed by atoms with Gasteiger partial charge in [0.15, 0.2) is 21.3 Å². The highest BCUT2D eigenvalue weighted by molar-refractivity contribution is 7.92. The van der Waals surface area contributed by atoms with Crippen molar-refractivity contribution in [2.24, 2.45) is 0 Å². The van der Waals surface area contributed by atoms with Crippen molar-refractivity contribution >= 4 is 31.5 Å². The van der Waals surface area contributed by atoms with Crippen molar-refractivity contribution in [3.05, 3.63) is 48.0 Å². The van der Waals surface area contributed by atoms with Crippen molar-refractivity contribution in [2.75, 3.05) is 30.1 Å². The summed E-state index contributed by atoms with van der Waals surface area (Å²) in [6, 6.07) is 9.88. The summed E-state index contributed by atoms with van der Waals surface area (Å²) in [4.78, 5) is 14.1. The lowest BCUT2D eigenvalue weighted by Gasteiger charge is -2.23. The zero-order valence-electron chi connectivity index (χ0n) is 16.1. The summed E-state index contributed by atoms with van der Waals surface area (Å²) in [5.74, 6) is 0.495. The summed E-state index contributed by atoms with van der Waals surface area (Å²) in [7, 11) is -5.58. The molecule has 1 fully saturated rings. The Morgan fingerprint density at radius 3 is 2.63 bits per heavy atom. The fraction of sp³-hybridized carbons (Fsp3) is 0.316. The van der Waals surface area contributed by atoms with Gasteiger partial charge in [0, 0.05) is 24.7 Å². The van der Waals surface area contributed by atoms with Crippen LogP contribution in [0.1, 0.15) is 16.8 Å². The zero-order valence-corrected chi connectivity index (χ0v) is 17.7. The standard InChI is InChI=1S/C19H20N2O7S2/c1-21(15-7-8-29(23,24)11-15)19(22)13-3-2-4-16(9-13)30(25,26)20-14-5-6-17-18(10-14)28-12-27-17/h2-6,9-10,15,20H,7-8,11-12H2,1H3. The molecule has 2 aliphatic heterocycles. The first-order valence-corrected chi connectivity index (χ1v) is 12.5. The Morgan fingerprint density at radius 1 is 1.13 bits per heavy atom. The SMILES string of the molecule is CN(C(=O)c1cccc(S(=O)(=O)Nc2ccc3c(c2)OCO3)c1)C1CCS(=O)(=O)C1. The van der Waals surface area contributed by atoms with E-state index in [0.29, 0.717) is 23.6 Å². The molecule has 2 aliphatic rings. The van der Waals surface area contributed by atoms with Crippen LogP contribution in [0.15, 0.2) is 47.4 Å². The van der Waals surface area contributed by atoms with Crippen LogP contribution in [-0.4, -0.2) is 59.0 Å². The smallest absolute Gasteiger partial charge is 0.261 e. The predicted molar refractivity (Wildman–Crippen MR) is 109 cm³/mol. The molecule has 4 rings (SSSR count). The van der Waals surface area contributed by atoms with Gasteiger partial charge in [-0.25, -0.2) is 16.8 Å². The Bertz CT molecular complexity index is 1210. The number of nitrogens with zero attached hydrogens (tertiary/aromatic N) is 1. The second-order valence-corrected chi connectivity index (χ2v) is 11.1. The molecule has 0 spiro atoms. The topological polar surface area (TPSA) is 119 Å². The molecule has 1 unspecified atom stereocenters. The van der Waals surface area contributed by atoms with Crippen molar-refractivity contribution < 1.29 is 31.1 Å². The lowest BCUT2D eigenvalue weighted by Crippen LogP contribution is -2.37. The molecule has 2 aromatic carbocycles. The van der Waals surface area contributed by atoms with Crippen molar-refractivity contribution in [2.45, 2.75) is 17.4 Å². The molecular formula is C19H20N2O7S2. The molecule has 0 aromatic heterocycles. The van der Waals surface area contributed by atoms with Gasteiger partial charge >= 0.3 is 0 Å². The molecule has 160 valence electrons. The lowest BCUT2D eigenvalue weighted by molar-refractivity contribution is 0.0747. The van der Waals surface area contributed by atoms with E-state index in [9.17, 15) is 21.6 Å². The average molecular weight is 453 g/mol. The monoisotopic (exact) mass is 452 g/mol. The third kappa shape index (κ3) is 4.08. The van der Waals surface area contributed by atoms with Gasteiger partial charge in [-0.05, 0) is 36.8 Å². The van der Waals surface area contributed by atoms with Gasteiger partial charge in [0.05, 0.1) is 22.1 Å². The van der Waals surface area contributed by atoms with Gasteiger partial charge in [0.2, 0.25) is 6.79 Å². The van der Waals surface area contributed by atoms with Crippen LogP contribution >= 0.6 is 0 Å². The second kappa shape index (κ2) is 7.47. The van der Waals surface area contributed by atoms with Crippen LogP contribution in [0.3, 0.4) is 0 Å². The maximum absolute atomic E-state index is 12.8. The van der Waals surface area contributed by atoms with Gasteiger partial charge in [-0.2, -0.15) is 0 Å². The minimum atomic E-state index is -3.96. The normalized spacial score (nSPS) is 19.4. The molecule has 11 heteroatoms. The third-order valence-corrected chi connectivity index (χ3v) is 8.22. The van der Waals surface area contributed by atoms with Gasteiger partial charge in [-0.1, -0.05) is 6.07 Å². The van der Waals surface area contributed by atoms with E-state index in [1.165, 1.54) is 42.3 Å². The number of hydrogen-bond donors (Lipinski definition) is 1. The van der Waals surface area contributed by atoms with Crippen molar-refractivity contribution in [1.29, 1.82) is 0 Å². The average Bonchev–Trinajstić information content (AvgIpc) is 3.32. The van der Waals surface area contributed by atoms with Crippen LogP contribution in [0.2, 0.25) is 0 Å². The number of nitrogens with one attached hydrogen (secondary N) is 1. The predicted octanol–water partition coefficient (Wildman–Crippen LogP) is 1.48. The second-order valence-electron chi connectivity index (χ2n) is 7.17. The number of benzene rings is 2. The van der Waals surface area contributed by atoms with E-state index < -0.39 is 31.8 Å². The number of rotatable bonds is 5. The van der Waals surface area contributed by atoms with Crippen LogP contribution in [-0.2, 0) is 19.9 Å². The molecule has 1 atom stereocenters. The van der Waals surface area contributed by atoms with Gasteiger partial charge in [-0.15, -0.1) is 0 Å². The Hall–Kier alpha value is -2.79. The molecule has 2 aromatic rings. The van der Waals surface area contributed by atoms with Crippen LogP contribution in [0, 0.1) is 0 Å². The number of sulfonamides is 1. The maximum atomic E-state index is 12.8. The van der Waals surface area contributed by atoms with Gasteiger partial charge < -0.3 is 14.4 Å². The van der Waals surface area contributed by atoms with E-state index in [1.807, 2.05) is 0 Å². The van der Waals surface area contributed by atoms with Crippen LogP contribution < -0.4 is 14.2 Å². The first-order valence-electron chi connectivity index (χ1n) is 9.15. The molecular weight excluding hydrogens is 432 g/mol. The molecule has 0 saturated carbocycles. The highest BCUT2D eigenvalue weighted by Gasteiger charge is 2.33. The van der Waals surface area contributed by atoms with E-state index >= 15 is 0 Å².